The average molecular weight is 637 g/mol. The third-order valence-electron chi connectivity index (χ3n) is 10.7. The van der Waals surface area contributed by atoms with E-state index in [1.54, 1.807) is 0 Å². The quantitative estimate of drug-likeness (QED) is 0.194. The average Bonchev–Trinajstić information content (AvgIpc) is 3.82. The summed E-state index contributed by atoms with van der Waals surface area (Å²) in [5.74, 6) is 0.680. The van der Waals surface area contributed by atoms with Crippen LogP contribution in [0.4, 0.5) is 0 Å². The molecule has 0 unspecified atom stereocenters. The molecule has 0 bridgehead atoms. The predicted octanol–water partition coefficient (Wildman–Crippen LogP) is 11.7. The van der Waals surface area contributed by atoms with Crippen LogP contribution in [-0.4, -0.2) is 9.97 Å². The van der Waals surface area contributed by atoms with Gasteiger partial charge in [-0.25, -0.2) is 9.97 Å². The molecule has 0 amide bonds. The molecular weight excluding hydrogens is 609 g/mol. The predicted molar refractivity (Wildman–Crippen MR) is 202 cm³/mol. The molecule has 0 radical (unpaired) electrons. The summed E-state index contributed by atoms with van der Waals surface area (Å²) in [6.45, 7) is 0. The minimum Gasteiger partial charge on any atom is -0.452 e. The maximum atomic E-state index is 6.62. The molecule has 2 heterocycles. The molecule has 2 aromatic heterocycles. The van der Waals surface area contributed by atoms with Gasteiger partial charge in [0.15, 0.2) is 11.4 Å². The summed E-state index contributed by atoms with van der Waals surface area (Å²) < 4.78 is 6.62. The third-order valence-corrected chi connectivity index (χ3v) is 10.7. The highest BCUT2D eigenvalue weighted by Gasteiger charge is 2.52. The van der Waals surface area contributed by atoms with Gasteiger partial charge in [0.25, 0.3) is 0 Å². The van der Waals surface area contributed by atoms with E-state index in [4.69, 9.17) is 14.4 Å². The Balaban J connectivity index is 1.21. The second-order valence-corrected chi connectivity index (χ2v) is 13.2. The van der Waals surface area contributed by atoms with Gasteiger partial charge in [0, 0.05) is 16.5 Å². The largest absolute Gasteiger partial charge is 0.452 e. The molecule has 2 aliphatic carbocycles. The fourth-order valence-electron chi connectivity index (χ4n) is 8.71. The number of hydrogen-bond acceptors (Lipinski definition) is 3. The molecule has 0 aliphatic heterocycles. The zero-order valence-corrected chi connectivity index (χ0v) is 27.0. The van der Waals surface area contributed by atoms with Gasteiger partial charge < -0.3 is 4.42 Å². The van der Waals surface area contributed by atoms with Crippen molar-refractivity contribution in [3.63, 3.8) is 0 Å². The lowest BCUT2D eigenvalue weighted by atomic mass is 9.68. The molecule has 0 N–H and O–H groups in total. The van der Waals surface area contributed by atoms with Gasteiger partial charge in [-0.1, -0.05) is 158 Å². The second kappa shape index (κ2) is 10.2. The van der Waals surface area contributed by atoms with Gasteiger partial charge in [0.2, 0.25) is 0 Å². The molecule has 7 aromatic carbocycles. The molecule has 0 saturated heterocycles. The lowest BCUT2D eigenvalue weighted by Gasteiger charge is -2.32. The standard InChI is InChI=1S/C47H28N2O/c1-3-14-29(15-4-1)43-45-44(49-46(48-43)30-16-5-2-6-17-30)37-28-31(26-27-41(37)50-45)32-21-13-22-36-35-20-9-12-25-40(35)47(42(32)36)38-23-10-7-18-33(38)34-19-8-11-24-39(34)47/h1-28H. The summed E-state index contributed by atoms with van der Waals surface area (Å²) in [6, 6.07) is 60.7. The van der Waals surface area contributed by atoms with Crippen molar-refractivity contribution >= 4 is 22.1 Å². The number of benzene rings is 7. The summed E-state index contributed by atoms with van der Waals surface area (Å²) in [6.07, 6.45) is 0. The van der Waals surface area contributed by atoms with Gasteiger partial charge in [0.1, 0.15) is 16.8 Å². The molecule has 232 valence electrons. The van der Waals surface area contributed by atoms with E-state index in [0.29, 0.717) is 11.4 Å². The van der Waals surface area contributed by atoms with Crippen LogP contribution in [0.1, 0.15) is 22.3 Å². The normalized spacial score (nSPS) is 13.4. The summed E-state index contributed by atoms with van der Waals surface area (Å²) in [4.78, 5) is 10.3. The number of furan rings is 1. The van der Waals surface area contributed by atoms with Crippen LogP contribution in [0.5, 0.6) is 0 Å². The van der Waals surface area contributed by atoms with Crippen molar-refractivity contribution in [2.24, 2.45) is 0 Å². The fourth-order valence-corrected chi connectivity index (χ4v) is 8.71. The number of aromatic nitrogens is 2. The van der Waals surface area contributed by atoms with Crippen LogP contribution in [0.15, 0.2) is 174 Å². The lowest BCUT2D eigenvalue weighted by Crippen LogP contribution is -2.26. The van der Waals surface area contributed by atoms with E-state index >= 15 is 0 Å². The van der Waals surface area contributed by atoms with Gasteiger partial charge in [-0.2, -0.15) is 0 Å². The Labute approximate surface area is 289 Å². The van der Waals surface area contributed by atoms with Gasteiger partial charge in [-0.3, -0.25) is 0 Å². The SMILES string of the molecule is c1ccc(-c2nc(-c3ccccc3)c3oc4ccc(-c5cccc6c5C5(c7ccccc7-c7ccccc75)c5ccccc5-6)cc4c3n2)cc1. The summed E-state index contributed by atoms with van der Waals surface area (Å²) >= 11 is 0. The monoisotopic (exact) mass is 636 g/mol. The first kappa shape index (κ1) is 27.4. The smallest absolute Gasteiger partial charge is 0.180 e. The van der Waals surface area contributed by atoms with Crippen molar-refractivity contribution in [2.75, 3.05) is 0 Å². The van der Waals surface area contributed by atoms with Crippen molar-refractivity contribution in [1.29, 1.82) is 0 Å². The fraction of sp³-hybridized carbons (Fsp3) is 0.0213. The van der Waals surface area contributed by atoms with Crippen LogP contribution in [0.25, 0.3) is 78.1 Å². The Morgan fingerprint density at radius 1 is 0.420 bits per heavy atom. The second-order valence-electron chi connectivity index (χ2n) is 13.2. The molecular formula is C47H28N2O. The summed E-state index contributed by atoms with van der Waals surface area (Å²) in [7, 11) is 0. The van der Waals surface area contributed by atoms with Crippen LogP contribution in [0, 0.1) is 0 Å². The number of nitrogens with zero attached hydrogens (tertiary/aromatic N) is 2. The van der Waals surface area contributed by atoms with Crippen molar-refractivity contribution in [3.8, 4) is 56.0 Å². The van der Waals surface area contributed by atoms with Gasteiger partial charge in [0.05, 0.1) is 5.41 Å². The van der Waals surface area contributed by atoms with E-state index in [0.717, 1.165) is 38.9 Å². The van der Waals surface area contributed by atoms with Crippen LogP contribution >= 0.6 is 0 Å². The van der Waals surface area contributed by atoms with E-state index in [-0.39, 0.29) is 0 Å². The molecule has 50 heavy (non-hydrogen) atoms. The minimum atomic E-state index is -0.438. The van der Waals surface area contributed by atoms with E-state index in [9.17, 15) is 0 Å². The molecule has 0 saturated carbocycles. The maximum absolute atomic E-state index is 6.62. The zero-order valence-electron chi connectivity index (χ0n) is 27.0. The highest BCUT2D eigenvalue weighted by Crippen LogP contribution is 2.64. The molecule has 2 aliphatic rings. The van der Waals surface area contributed by atoms with Crippen LogP contribution in [0.3, 0.4) is 0 Å². The first-order chi connectivity index (χ1) is 24.8. The van der Waals surface area contributed by atoms with Gasteiger partial charge >= 0.3 is 0 Å². The van der Waals surface area contributed by atoms with Crippen molar-refractivity contribution < 1.29 is 4.42 Å². The number of hydrogen-bond donors (Lipinski definition) is 0. The van der Waals surface area contributed by atoms with Crippen LogP contribution < -0.4 is 0 Å². The van der Waals surface area contributed by atoms with Crippen molar-refractivity contribution in [1.82, 2.24) is 9.97 Å². The summed E-state index contributed by atoms with van der Waals surface area (Å²) in [5, 5.41) is 0.976. The molecule has 3 heteroatoms. The third kappa shape index (κ3) is 3.58. The van der Waals surface area contributed by atoms with Gasteiger partial charge in [-0.05, 0) is 67.8 Å². The Morgan fingerprint density at radius 3 is 1.62 bits per heavy atom. The number of rotatable bonds is 3. The Morgan fingerprint density at radius 2 is 0.960 bits per heavy atom. The van der Waals surface area contributed by atoms with Crippen LogP contribution in [0.2, 0.25) is 0 Å². The highest BCUT2D eigenvalue weighted by atomic mass is 16.3. The molecule has 3 nitrogen and oxygen atoms in total. The van der Waals surface area contributed by atoms with Crippen molar-refractivity contribution in [3.05, 3.63) is 192 Å². The minimum absolute atomic E-state index is 0.438. The lowest BCUT2D eigenvalue weighted by molar-refractivity contribution is 0.667. The Kier molecular flexibility index (Phi) is 5.59. The number of fused-ring (bicyclic) bond motifs is 13. The molecule has 1 spiro atoms. The first-order valence-corrected chi connectivity index (χ1v) is 17.1. The zero-order chi connectivity index (χ0) is 32.8. The van der Waals surface area contributed by atoms with E-state index < -0.39 is 5.41 Å². The highest BCUT2D eigenvalue weighted by molar-refractivity contribution is 6.09. The van der Waals surface area contributed by atoms with Crippen LogP contribution in [-0.2, 0) is 5.41 Å². The maximum Gasteiger partial charge on any atom is 0.180 e. The van der Waals surface area contributed by atoms with E-state index in [1.807, 2.05) is 36.4 Å². The Hall–Kier alpha value is -6.58. The Bertz CT molecular complexity index is 2750. The summed E-state index contributed by atoms with van der Waals surface area (Å²) in [5.41, 5.74) is 17.5. The van der Waals surface area contributed by atoms with E-state index in [1.165, 1.54) is 50.1 Å². The van der Waals surface area contributed by atoms with E-state index in [2.05, 4.69) is 133 Å². The molecule has 11 rings (SSSR count). The topological polar surface area (TPSA) is 38.9 Å². The van der Waals surface area contributed by atoms with Crippen molar-refractivity contribution in [2.45, 2.75) is 5.41 Å². The first-order valence-electron chi connectivity index (χ1n) is 17.1. The molecule has 0 atom stereocenters. The molecule has 0 fully saturated rings. The van der Waals surface area contributed by atoms with Gasteiger partial charge in [-0.15, -0.1) is 0 Å². The molecule has 9 aromatic rings.